The second-order valence-corrected chi connectivity index (χ2v) is 7.22. The van der Waals surface area contributed by atoms with Crippen LogP contribution in [0.15, 0.2) is 27.7 Å². The largest absolute Gasteiger partial charge is 0.507 e. The summed E-state index contributed by atoms with van der Waals surface area (Å²) in [5.41, 5.74) is 2.27. The van der Waals surface area contributed by atoms with Crippen molar-refractivity contribution in [3.05, 3.63) is 44.2 Å². The summed E-state index contributed by atoms with van der Waals surface area (Å²) in [6.45, 7) is 2.14. The lowest BCUT2D eigenvalue weighted by molar-refractivity contribution is 0.0527. The van der Waals surface area contributed by atoms with E-state index in [1.54, 1.807) is 42.7 Å². The summed E-state index contributed by atoms with van der Waals surface area (Å²) in [6, 6.07) is 5.15. The molecule has 1 aliphatic rings. The van der Waals surface area contributed by atoms with E-state index >= 15 is 0 Å². The first kappa shape index (κ1) is 16.2. The van der Waals surface area contributed by atoms with E-state index in [1.807, 2.05) is 0 Å². The maximum absolute atomic E-state index is 12.3. The number of phenolic OH excluding ortho intramolecular Hbond substituents is 1. The molecule has 0 saturated carbocycles. The molecule has 2 aromatic rings. The number of nitrogens with zero attached hydrogens (tertiary/aromatic N) is 1. The lowest BCUT2D eigenvalue weighted by atomic mass is 10.1. The molecule has 23 heavy (non-hydrogen) atoms. The molecule has 0 saturated heterocycles. The van der Waals surface area contributed by atoms with Crippen molar-refractivity contribution in [3.63, 3.8) is 0 Å². The fourth-order valence-corrected chi connectivity index (χ4v) is 4.25. The minimum absolute atomic E-state index is 0.152. The zero-order chi connectivity index (χ0) is 16.4. The predicted molar refractivity (Wildman–Crippen MR) is 95.4 cm³/mol. The van der Waals surface area contributed by atoms with Crippen LogP contribution in [0.25, 0.3) is 0 Å². The molecule has 3 rings (SSSR count). The van der Waals surface area contributed by atoms with Gasteiger partial charge in [-0.05, 0) is 49.9 Å². The summed E-state index contributed by atoms with van der Waals surface area (Å²) in [5, 5.41) is 10.6. The SMILES string of the molecule is CCOC(=O)c1c(/N=C/c2cc(Br)ccc2O)sc2c1CCC2. The number of fused-ring (bicyclic) bond motifs is 1. The summed E-state index contributed by atoms with van der Waals surface area (Å²) in [4.78, 5) is 18.0. The highest BCUT2D eigenvalue weighted by atomic mass is 79.9. The molecule has 0 spiro atoms. The van der Waals surface area contributed by atoms with Crippen molar-refractivity contribution in [3.8, 4) is 5.75 Å². The maximum atomic E-state index is 12.3. The van der Waals surface area contributed by atoms with E-state index in [2.05, 4.69) is 20.9 Å². The summed E-state index contributed by atoms with van der Waals surface area (Å²) in [7, 11) is 0. The Labute approximate surface area is 147 Å². The second-order valence-electron chi connectivity index (χ2n) is 5.22. The van der Waals surface area contributed by atoms with Crippen LogP contribution in [0, 0.1) is 0 Å². The van der Waals surface area contributed by atoms with Crippen molar-refractivity contribution in [2.24, 2.45) is 4.99 Å². The molecule has 0 unspecified atom stereocenters. The van der Waals surface area contributed by atoms with Crippen LogP contribution in [0.2, 0.25) is 0 Å². The molecule has 6 heteroatoms. The molecule has 0 radical (unpaired) electrons. The van der Waals surface area contributed by atoms with Crippen LogP contribution < -0.4 is 0 Å². The fraction of sp³-hybridized carbons (Fsp3) is 0.294. The van der Waals surface area contributed by atoms with Crippen LogP contribution in [-0.4, -0.2) is 23.9 Å². The van der Waals surface area contributed by atoms with Gasteiger partial charge in [-0.2, -0.15) is 0 Å². The first-order chi connectivity index (χ1) is 11.1. The highest BCUT2D eigenvalue weighted by Gasteiger charge is 2.27. The van der Waals surface area contributed by atoms with Crippen molar-refractivity contribution < 1.29 is 14.6 Å². The second kappa shape index (κ2) is 6.84. The molecule has 1 aliphatic carbocycles. The van der Waals surface area contributed by atoms with Gasteiger partial charge in [0.05, 0.1) is 12.2 Å². The maximum Gasteiger partial charge on any atom is 0.341 e. The van der Waals surface area contributed by atoms with Gasteiger partial charge in [0, 0.05) is 21.1 Å². The Morgan fingerprint density at radius 1 is 1.48 bits per heavy atom. The first-order valence-electron chi connectivity index (χ1n) is 7.44. The predicted octanol–water partition coefficient (Wildman–Crippen LogP) is 4.63. The van der Waals surface area contributed by atoms with Gasteiger partial charge in [0.2, 0.25) is 0 Å². The smallest absolute Gasteiger partial charge is 0.341 e. The average Bonchev–Trinajstić information content (AvgIpc) is 3.08. The van der Waals surface area contributed by atoms with Gasteiger partial charge in [-0.15, -0.1) is 11.3 Å². The third-order valence-electron chi connectivity index (χ3n) is 3.69. The summed E-state index contributed by atoms with van der Waals surface area (Å²) >= 11 is 4.91. The summed E-state index contributed by atoms with van der Waals surface area (Å²) < 4.78 is 6.04. The summed E-state index contributed by atoms with van der Waals surface area (Å²) in [5.74, 6) is -0.156. The highest BCUT2D eigenvalue weighted by molar-refractivity contribution is 9.10. The fourth-order valence-electron chi connectivity index (χ4n) is 2.65. The third kappa shape index (κ3) is 3.33. The molecule has 1 aromatic carbocycles. The van der Waals surface area contributed by atoms with Gasteiger partial charge in [-0.3, -0.25) is 0 Å². The number of aryl methyl sites for hydroxylation is 1. The van der Waals surface area contributed by atoms with E-state index in [9.17, 15) is 9.90 Å². The van der Waals surface area contributed by atoms with E-state index in [0.717, 1.165) is 29.3 Å². The molecule has 1 heterocycles. The number of phenols is 1. The normalized spacial score (nSPS) is 13.5. The van der Waals surface area contributed by atoms with Crippen molar-refractivity contribution >= 4 is 44.5 Å². The van der Waals surface area contributed by atoms with E-state index in [0.29, 0.717) is 22.7 Å². The number of aromatic hydroxyl groups is 1. The number of thiophene rings is 1. The molecular weight excluding hydrogens is 378 g/mol. The average molecular weight is 394 g/mol. The van der Waals surface area contributed by atoms with Gasteiger partial charge in [-0.25, -0.2) is 9.79 Å². The van der Waals surface area contributed by atoms with Gasteiger partial charge in [0.25, 0.3) is 0 Å². The Bertz CT molecular complexity index is 782. The van der Waals surface area contributed by atoms with Gasteiger partial charge >= 0.3 is 5.97 Å². The van der Waals surface area contributed by atoms with Crippen LogP contribution in [-0.2, 0) is 17.6 Å². The number of aliphatic imine (C=N–C) groups is 1. The number of halogens is 1. The van der Waals surface area contributed by atoms with Gasteiger partial charge in [0.15, 0.2) is 0 Å². The molecule has 0 amide bonds. The molecule has 120 valence electrons. The zero-order valence-corrected chi connectivity index (χ0v) is 15.0. The number of esters is 1. The standard InChI is InChI=1S/C17H16BrNO3S/c1-2-22-17(21)15-12-4-3-5-14(12)23-16(15)19-9-10-8-11(18)6-7-13(10)20/h6-9,20H,2-5H2,1H3/b19-9+. The molecule has 1 N–H and O–H groups in total. The van der Waals surface area contributed by atoms with Crippen LogP contribution in [0.4, 0.5) is 5.00 Å². The zero-order valence-electron chi connectivity index (χ0n) is 12.6. The first-order valence-corrected chi connectivity index (χ1v) is 9.05. The molecule has 0 bridgehead atoms. The third-order valence-corrected chi connectivity index (χ3v) is 5.39. The van der Waals surface area contributed by atoms with Crippen molar-refractivity contribution in [2.75, 3.05) is 6.61 Å². The number of carbonyl (C=O) groups is 1. The Morgan fingerprint density at radius 2 is 2.30 bits per heavy atom. The van der Waals surface area contributed by atoms with Gasteiger partial charge < -0.3 is 9.84 Å². The topological polar surface area (TPSA) is 58.9 Å². The van der Waals surface area contributed by atoms with Crippen LogP contribution in [0.1, 0.15) is 39.7 Å². The minimum atomic E-state index is -0.308. The molecule has 1 aromatic heterocycles. The van der Waals surface area contributed by atoms with Gasteiger partial charge in [0.1, 0.15) is 10.8 Å². The van der Waals surface area contributed by atoms with Crippen molar-refractivity contribution in [1.82, 2.24) is 0 Å². The van der Waals surface area contributed by atoms with Gasteiger partial charge in [-0.1, -0.05) is 15.9 Å². The quantitative estimate of drug-likeness (QED) is 0.608. The molecular formula is C17H16BrNO3S. The van der Waals surface area contributed by atoms with Crippen molar-refractivity contribution in [1.29, 1.82) is 0 Å². The number of hydrogen-bond donors (Lipinski definition) is 1. The Hall–Kier alpha value is -1.66. The van der Waals surface area contributed by atoms with Crippen LogP contribution >= 0.6 is 27.3 Å². The van der Waals surface area contributed by atoms with Crippen LogP contribution in [0.3, 0.4) is 0 Å². The van der Waals surface area contributed by atoms with E-state index in [4.69, 9.17) is 4.74 Å². The number of carbonyl (C=O) groups excluding carboxylic acids is 1. The van der Waals surface area contributed by atoms with E-state index in [-0.39, 0.29) is 11.7 Å². The highest BCUT2D eigenvalue weighted by Crippen LogP contribution is 2.41. The van der Waals surface area contributed by atoms with E-state index in [1.165, 1.54) is 4.88 Å². The molecule has 0 fully saturated rings. The Morgan fingerprint density at radius 3 is 3.09 bits per heavy atom. The lowest BCUT2D eigenvalue weighted by Gasteiger charge is -2.03. The number of benzene rings is 1. The van der Waals surface area contributed by atoms with Crippen LogP contribution in [0.5, 0.6) is 5.75 Å². The lowest BCUT2D eigenvalue weighted by Crippen LogP contribution is -2.06. The monoisotopic (exact) mass is 393 g/mol. The number of rotatable bonds is 4. The Kier molecular flexibility index (Phi) is 4.82. The van der Waals surface area contributed by atoms with E-state index < -0.39 is 0 Å². The summed E-state index contributed by atoms with van der Waals surface area (Å²) in [6.07, 6.45) is 4.55. The molecule has 0 aliphatic heterocycles. The molecule has 0 atom stereocenters. The van der Waals surface area contributed by atoms with Crippen molar-refractivity contribution in [2.45, 2.75) is 26.2 Å². The minimum Gasteiger partial charge on any atom is -0.507 e. The molecule has 4 nitrogen and oxygen atoms in total. The Balaban J connectivity index is 1.98. The number of ether oxygens (including phenoxy) is 1. The number of hydrogen-bond acceptors (Lipinski definition) is 5.